The van der Waals surface area contributed by atoms with Crippen LogP contribution in [0.25, 0.3) is 22.0 Å². The average molecular weight is 508 g/mol. The van der Waals surface area contributed by atoms with Crippen molar-refractivity contribution in [3.63, 3.8) is 0 Å². The van der Waals surface area contributed by atoms with Gasteiger partial charge in [-0.15, -0.1) is 0 Å². The summed E-state index contributed by atoms with van der Waals surface area (Å²) in [5.74, 6) is 1.00. The number of nitrogens with one attached hydrogen (secondary N) is 1. The number of halogens is 1. The first-order valence-electron chi connectivity index (χ1n) is 12.9. The summed E-state index contributed by atoms with van der Waals surface area (Å²) in [5, 5.41) is 15.0. The molecular weight excluding hydrogens is 474 g/mol. The van der Waals surface area contributed by atoms with Gasteiger partial charge < -0.3 is 20.1 Å². The number of phenolic OH excluding ortho intramolecular Hbond substituents is 1. The Labute approximate surface area is 217 Å². The summed E-state index contributed by atoms with van der Waals surface area (Å²) in [7, 11) is 1.50. The lowest BCUT2D eigenvalue weighted by Crippen LogP contribution is -2.33. The Balaban J connectivity index is 1.43. The normalized spacial score (nSPS) is 20.5. The number of anilines is 1. The van der Waals surface area contributed by atoms with Gasteiger partial charge in [-0.2, -0.15) is 0 Å². The molecule has 1 saturated carbocycles. The van der Waals surface area contributed by atoms with Crippen molar-refractivity contribution in [1.29, 1.82) is 0 Å². The van der Waals surface area contributed by atoms with E-state index in [4.69, 9.17) is 16.3 Å². The van der Waals surface area contributed by atoms with Gasteiger partial charge in [-0.25, -0.2) is 0 Å². The molecule has 6 nitrogen and oxygen atoms in total. The van der Waals surface area contributed by atoms with Crippen LogP contribution in [0.2, 0.25) is 5.02 Å². The molecule has 1 aliphatic heterocycles. The maximum Gasteiger partial charge on any atom is 0.176 e. The molecule has 2 aromatic carbocycles. The Hall–Kier alpha value is -2.83. The van der Waals surface area contributed by atoms with Crippen LogP contribution in [0.5, 0.6) is 11.5 Å². The summed E-state index contributed by atoms with van der Waals surface area (Å²) in [5.41, 5.74) is 4.01. The lowest BCUT2D eigenvalue weighted by Gasteiger charge is -2.32. The van der Waals surface area contributed by atoms with Crippen molar-refractivity contribution in [2.75, 3.05) is 32.1 Å². The summed E-state index contributed by atoms with van der Waals surface area (Å²) < 4.78 is 5.29. The van der Waals surface area contributed by atoms with E-state index >= 15 is 0 Å². The van der Waals surface area contributed by atoms with Gasteiger partial charge in [-0.3, -0.25) is 9.78 Å². The number of hydrogen-bond acceptors (Lipinski definition) is 6. The van der Waals surface area contributed by atoms with Crippen LogP contribution in [0.15, 0.2) is 36.5 Å². The number of rotatable bonds is 7. The first-order valence-corrected chi connectivity index (χ1v) is 13.3. The van der Waals surface area contributed by atoms with Crippen LogP contribution in [0, 0.1) is 5.92 Å². The van der Waals surface area contributed by atoms with E-state index in [1.807, 2.05) is 18.2 Å². The van der Waals surface area contributed by atoms with E-state index in [0.717, 1.165) is 46.5 Å². The molecule has 0 spiro atoms. The summed E-state index contributed by atoms with van der Waals surface area (Å²) in [6.45, 7) is 5.33. The molecule has 1 aliphatic carbocycles. The quantitative estimate of drug-likeness (QED) is 0.354. The minimum absolute atomic E-state index is 0.00521. The summed E-state index contributed by atoms with van der Waals surface area (Å²) >= 11 is 6.26. The molecule has 7 heteroatoms. The number of likely N-dealkylation sites (tertiary alicyclic amines) is 1. The SMILES string of the molecule is COc1cc(-c2ccc3ncc(C(C)=O)c(NC4CCC(CN5CCCC5)CC4)c3c2)cc(Cl)c1O. The Morgan fingerprint density at radius 1 is 1.14 bits per heavy atom. The number of hydrogen-bond donors (Lipinski definition) is 2. The molecule has 1 aromatic heterocycles. The number of nitrogens with zero attached hydrogens (tertiary/aromatic N) is 2. The van der Waals surface area contributed by atoms with E-state index in [0.29, 0.717) is 17.4 Å². The van der Waals surface area contributed by atoms with Gasteiger partial charge in [-0.05, 0) is 99.8 Å². The van der Waals surface area contributed by atoms with Gasteiger partial charge in [0.15, 0.2) is 17.3 Å². The largest absolute Gasteiger partial charge is 0.503 e. The molecule has 2 fully saturated rings. The number of aromatic nitrogens is 1. The van der Waals surface area contributed by atoms with E-state index in [-0.39, 0.29) is 16.6 Å². The zero-order valence-corrected chi connectivity index (χ0v) is 21.8. The highest BCUT2D eigenvalue weighted by Crippen LogP contribution is 2.40. The third-order valence-corrected chi connectivity index (χ3v) is 8.03. The van der Waals surface area contributed by atoms with Gasteiger partial charge >= 0.3 is 0 Å². The highest BCUT2D eigenvalue weighted by molar-refractivity contribution is 6.32. The molecular formula is C29H34ClN3O3. The Bertz CT molecular complexity index is 1260. The Kier molecular flexibility index (Phi) is 7.35. The Morgan fingerprint density at radius 2 is 1.89 bits per heavy atom. The summed E-state index contributed by atoms with van der Waals surface area (Å²) in [6.07, 6.45) is 8.99. The number of methoxy groups -OCH3 is 1. The maximum absolute atomic E-state index is 12.6. The average Bonchev–Trinajstić information content (AvgIpc) is 3.39. The maximum atomic E-state index is 12.6. The molecule has 5 rings (SSSR count). The second kappa shape index (κ2) is 10.7. The third-order valence-electron chi connectivity index (χ3n) is 7.74. The molecule has 2 aliphatic rings. The number of aromatic hydroxyl groups is 1. The second-order valence-electron chi connectivity index (χ2n) is 10.2. The van der Waals surface area contributed by atoms with E-state index in [1.54, 1.807) is 25.3 Å². The van der Waals surface area contributed by atoms with Crippen molar-refractivity contribution in [1.82, 2.24) is 9.88 Å². The van der Waals surface area contributed by atoms with Crippen LogP contribution in [0.3, 0.4) is 0 Å². The topological polar surface area (TPSA) is 74.7 Å². The minimum Gasteiger partial charge on any atom is -0.503 e. The fourth-order valence-corrected chi connectivity index (χ4v) is 5.93. The zero-order valence-electron chi connectivity index (χ0n) is 21.0. The molecule has 190 valence electrons. The molecule has 1 saturated heterocycles. The van der Waals surface area contributed by atoms with Crippen molar-refractivity contribution < 1.29 is 14.6 Å². The van der Waals surface area contributed by atoms with Crippen LogP contribution in [0.1, 0.15) is 55.8 Å². The highest BCUT2D eigenvalue weighted by atomic mass is 35.5. The van der Waals surface area contributed by atoms with Gasteiger partial charge in [0.1, 0.15) is 0 Å². The van der Waals surface area contributed by atoms with Crippen LogP contribution in [0.4, 0.5) is 5.69 Å². The fraction of sp³-hybridized carbons (Fsp3) is 0.448. The number of Topliss-reactive ketones (excluding diaryl/α,β-unsaturated/α-hetero) is 1. The molecule has 2 heterocycles. The molecule has 0 atom stereocenters. The monoisotopic (exact) mass is 507 g/mol. The van der Waals surface area contributed by atoms with Crippen molar-refractivity contribution in [2.45, 2.75) is 51.5 Å². The number of carbonyl (C=O) groups excluding carboxylic acids is 1. The van der Waals surface area contributed by atoms with Crippen molar-refractivity contribution in [2.24, 2.45) is 5.92 Å². The second-order valence-corrected chi connectivity index (χ2v) is 10.6. The number of fused-ring (bicyclic) bond motifs is 1. The molecule has 0 unspecified atom stereocenters. The first kappa shape index (κ1) is 24.8. The number of ether oxygens (including phenoxy) is 1. The lowest BCUT2D eigenvalue weighted by atomic mass is 9.85. The molecule has 3 aromatic rings. The van der Waals surface area contributed by atoms with Crippen molar-refractivity contribution in [3.05, 3.63) is 47.1 Å². The first-order chi connectivity index (χ1) is 17.4. The Morgan fingerprint density at radius 3 is 2.58 bits per heavy atom. The number of carbonyl (C=O) groups is 1. The summed E-state index contributed by atoms with van der Waals surface area (Å²) in [4.78, 5) is 19.8. The van der Waals surface area contributed by atoms with Gasteiger partial charge in [-0.1, -0.05) is 17.7 Å². The number of phenols is 1. The molecule has 0 radical (unpaired) electrons. The summed E-state index contributed by atoms with van der Waals surface area (Å²) in [6, 6.07) is 9.78. The number of pyridine rings is 1. The van der Waals surface area contributed by atoms with Crippen molar-refractivity contribution in [3.8, 4) is 22.6 Å². The third kappa shape index (κ3) is 5.16. The minimum atomic E-state index is -0.0769. The molecule has 36 heavy (non-hydrogen) atoms. The number of benzene rings is 2. The smallest absolute Gasteiger partial charge is 0.176 e. The van der Waals surface area contributed by atoms with E-state index in [9.17, 15) is 9.90 Å². The molecule has 0 bridgehead atoms. The molecule has 2 N–H and O–H groups in total. The predicted molar refractivity (Wildman–Crippen MR) is 145 cm³/mol. The standard InChI is InChI=1S/C29H34ClN3O3/c1-18(34)24-16-31-26-10-7-20(21-14-25(30)29(35)27(15-21)36-2)13-23(26)28(24)32-22-8-5-19(6-9-22)17-33-11-3-4-12-33/h7,10,13-16,19,22,35H,3-6,8-9,11-12,17H2,1-2H3,(H,31,32). The lowest BCUT2D eigenvalue weighted by molar-refractivity contribution is 0.101. The molecule has 0 amide bonds. The zero-order chi connectivity index (χ0) is 25.2. The van der Waals surface area contributed by atoms with Gasteiger partial charge in [0.2, 0.25) is 0 Å². The van der Waals surface area contributed by atoms with E-state index in [1.165, 1.54) is 52.4 Å². The highest BCUT2D eigenvalue weighted by Gasteiger charge is 2.25. The number of ketones is 1. The van der Waals surface area contributed by atoms with E-state index in [2.05, 4.69) is 15.2 Å². The van der Waals surface area contributed by atoms with E-state index < -0.39 is 0 Å². The van der Waals surface area contributed by atoms with Crippen molar-refractivity contribution >= 4 is 34.0 Å². The van der Waals surface area contributed by atoms with Gasteiger partial charge in [0.25, 0.3) is 0 Å². The van der Waals surface area contributed by atoms with Gasteiger partial charge in [0.05, 0.1) is 28.9 Å². The van der Waals surface area contributed by atoms with Gasteiger partial charge in [0, 0.05) is 24.2 Å². The van der Waals surface area contributed by atoms with Crippen LogP contribution in [-0.2, 0) is 0 Å². The van der Waals surface area contributed by atoms with Crippen LogP contribution in [-0.4, -0.2) is 53.6 Å². The van der Waals surface area contributed by atoms with Crippen LogP contribution >= 0.6 is 11.6 Å². The predicted octanol–water partition coefficient (Wildman–Crippen LogP) is 6.54. The fourth-order valence-electron chi connectivity index (χ4n) is 5.71. The van der Waals surface area contributed by atoms with Crippen LogP contribution < -0.4 is 10.1 Å².